The minimum absolute atomic E-state index is 0.105. The molecule has 0 spiro atoms. The number of rotatable bonds is 4. The lowest BCUT2D eigenvalue weighted by Crippen LogP contribution is -2.43. The van der Waals surface area contributed by atoms with Gasteiger partial charge >= 0.3 is 6.18 Å². The molecule has 2 N–H and O–H groups in total. The van der Waals surface area contributed by atoms with Crippen molar-refractivity contribution in [2.45, 2.75) is 31.5 Å². The highest BCUT2D eigenvalue weighted by Crippen LogP contribution is 2.36. The summed E-state index contributed by atoms with van der Waals surface area (Å²) >= 11 is 5.80. The molecule has 1 aromatic rings. The van der Waals surface area contributed by atoms with Crippen LogP contribution < -0.4 is 5.73 Å². The third-order valence-electron chi connectivity index (χ3n) is 3.66. The van der Waals surface area contributed by atoms with E-state index in [2.05, 4.69) is 0 Å². The van der Waals surface area contributed by atoms with Gasteiger partial charge in [-0.25, -0.2) is 0 Å². The summed E-state index contributed by atoms with van der Waals surface area (Å²) in [6, 6.07) is 2.94. The van der Waals surface area contributed by atoms with Crippen molar-refractivity contribution in [3.05, 3.63) is 34.3 Å². The number of nitrogens with two attached hydrogens (primary N) is 1. The van der Waals surface area contributed by atoms with Crippen LogP contribution in [0.1, 0.15) is 24.0 Å². The summed E-state index contributed by atoms with van der Waals surface area (Å²) in [6.45, 7) is 0.105. The van der Waals surface area contributed by atoms with Gasteiger partial charge in [0.15, 0.2) is 0 Å². The number of primary amides is 1. The van der Waals surface area contributed by atoms with Gasteiger partial charge in [-0.1, -0.05) is 23.7 Å². The predicted octanol–water partition coefficient (Wildman–Crippen LogP) is 2.38. The van der Waals surface area contributed by atoms with Crippen molar-refractivity contribution in [3.63, 3.8) is 0 Å². The molecule has 1 saturated heterocycles. The lowest BCUT2D eigenvalue weighted by molar-refractivity contribution is -0.137. The van der Waals surface area contributed by atoms with Crippen molar-refractivity contribution >= 4 is 23.4 Å². The average molecular weight is 335 g/mol. The Bertz CT molecular complexity index is 604. The summed E-state index contributed by atoms with van der Waals surface area (Å²) in [6.07, 6.45) is -3.86. The van der Waals surface area contributed by atoms with Crippen LogP contribution in [0.5, 0.6) is 0 Å². The van der Waals surface area contributed by atoms with Gasteiger partial charge in [-0.15, -0.1) is 0 Å². The van der Waals surface area contributed by atoms with Gasteiger partial charge in [0.2, 0.25) is 11.8 Å². The second-order valence-corrected chi connectivity index (χ2v) is 5.45. The normalized spacial score (nSPS) is 18.8. The third-order valence-corrected chi connectivity index (χ3v) is 4.11. The number of hydrogen-bond acceptors (Lipinski definition) is 2. The number of amides is 2. The van der Waals surface area contributed by atoms with Crippen molar-refractivity contribution in [1.82, 2.24) is 4.90 Å². The molecule has 0 bridgehead atoms. The van der Waals surface area contributed by atoms with Crippen molar-refractivity contribution in [3.8, 4) is 0 Å². The first-order chi connectivity index (χ1) is 10.2. The molecule has 2 rings (SSSR count). The number of hydrogen-bond donors (Lipinski definition) is 1. The monoisotopic (exact) mass is 334 g/mol. The maximum absolute atomic E-state index is 12.8. The molecule has 2 amide bonds. The van der Waals surface area contributed by atoms with Crippen molar-refractivity contribution in [2.24, 2.45) is 5.73 Å². The van der Waals surface area contributed by atoms with Crippen molar-refractivity contribution in [2.75, 3.05) is 6.54 Å². The van der Waals surface area contributed by atoms with Crippen LogP contribution in [0.25, 0.3) is 0 Å². The standard InChI is InChI=1S/C14H14ClF3N2O2/c15-12-8(2-1-3-9(12)14(16,17)18)6-7-20-10(13(19)22)4-5-11(20)21/h1-3,10H,4-7H2,(H2,19,22)/t10-/m0/s1. The zero-order valence-electron chi connectivity index (χ0n) is 11.5. The van der Waals surface area contributed by atoms with E-state index in [9.17, 15) is 22.8 Å². The molecule has 1 aromatic carbocycles. The Hall–Kier alpha value is -1.76. The highest BCUT2D eigenvalue weighted by atomic mass is 35.5. The van der Waals surface area contributed by atoms with Gasteiger partial charge in [-0.3, -0.25) is 9.59 Å². The summed E-state index contributed by atoms with van der Waals surface area (Å²) in [5, 5.41) is -0.378. The lowest BCUT2D eigenvalue weighted by Gasteiger charge is -2.22. The second kappa shape index (κ2) is 6.16. The molecule has 1 fully saturated rings. The molecule has 1 aliphatic rings. The number of benzene rings is 1. The maximum atomic E-state index is 12.8. The first-order valence-corrected chi connectivity index (χ1v) is 7.03. The zero-order chi connectivity index (χ0) is 16.5. The van der Waals surface area contributed by atoms with Crippen LogP contribution >= 0.6 is 11.6 Å². The third kappa shape index (κ3) is 3.35. The SMILES string of the molecule is NC(=O)[C@@H]1CCC(=O)N1CCc1cccc(C(F)(F)F)c1Cl. The van der Waals surface area contributed by atoms with Crippen LogP contribution in [0.2, 0.25) is 5.02 Å². The molecule has 1 aliphatic heterocycles. The van der Waals surface area contributed by atoms with Gasteiger partial charge in [0.1, 0.15) is 6.04 Å². The lowest BCUT2D eigenvalue weighted by atomic mass is 10.1. The van der Waals surface area contributed by atoms with E-state index in [-0.39, 0.29) is 35.9 Å². The molecule has 120 valence electrons. The molecule has 1 atom stereocenters. The summed E-state index contributed by atoms with van der Waals surface area (Å²) < 4.78 is 38.4. The number of carbonyl (C=O) groups excluding carboxylic acids is 2. The molecular weight excluding hydrogens is 321 g/mol. The number of carbonyl (C=O) groups is 2. The Balaban J connectivity index is 2.15. The molecule has 22 heavy (non-hydrogen) atoms. The molecule has 0 unspecified atom stereocenters. The Labute approximate surface area is 130 Å². The summed E-state index contributed by atoms with van der Waals surface area (Å²) in [4.78, 5) is 24.3. The summed E-state index contributed by atoms with van der Waals surface area (Å²) in [5.41, 5.74) is 4.59. The van der Waals surface area contributed by atoms with Crippen LogP contribution in [0.4, 0.5) is 13.2 Å². The first kappa shape index (κ1) is 16.6. The minimum atomic E-state index is -4.54. The van der Waals surface area contributed by atoms with E-state index in [0.29, 0.717) is 6.42 Å². The summed E-state index contributed by atoms with van der Waals surface area (Å²) in [5.74, 6) is -0.840. The van der Waals surface area contributed by atoms with E-state index in [4.69, 9.17) is 17.3 Å². The minimum Gasteiger partial charge on any atom is -0.368 e. The molecule has 8 heteroatoms. The molecule has 1 heterocycles. The topological polar surface area (TPSA) is 63.4 Å². The van der Waals surface area contributed by atoms with Crippen LogP contribution in [-0.4, -0.2) is 29.3 Å². The van der Waals surface area contributed by atoms with Crippen molar-refractivity contribution in [1.29, 1.82) is 0 Å². The van der Waals surface area contributed by atoms with Gasteiger partial charge in [0.05, 0.1) is 10.6 Å². The Morgan fingerprint density at radius 2 is 2.09 bits per heavy atom. The fourth-order valence-corrected chi connectivity index (χ4v) is 2.87. The quantitative estimate of drug-likeness (QED) is 0.919. The molecule has 0 saturated carbocycles. The van der Waals surface area contributed by atoms with E-state index in [1.165, 1.54) is 17.0 Å². The Morgan fingerprint density at radius 1 is 1.41 bits per heavy atom. The Kier molecular flexibility index (Phi) is 4.65. The van der Waals surface area contributed by atoms with Crippen LogP contribution in [0, 0.1) is 0 Å². The van der Waals surface area contributed by atoms with Gasteiger partial charge in [0, 0.05) is 13.0 Å². The van der Waals surface area contributed by atoms with E-state index >= 15 is 0 Å². The molecular formula is C14H14ClF3N2O2. The van der Waals surface area contributed by atoms with Gasteiger partial charge in [0.25, 0.3) is 0 Å². The highest BCUT2D eigenvalue weighted by Gasteiger charge is 2.36. The second-order valence-electron chi connectivity index (χ2n) is 5.07. The zero-order valence-corrected chi connectivity index (χ0v) is 12.2. The number of likely N-dealkylation sites (tertiary alicyclic amines) is 1. The van der Waals surface area contributed by atoms with Gasteiger partial charge in [-0.05, 0) is 24.5 Å². The number of alkyl halides is 3. The van der Waals surface area contributed by atoms with E-state index in [1.807, 2.05) is 0 Å². The number of halogens is 4. The molecule has 0 aliphatic carbocycles. The van der Waals surface area contributed by atoms with Crippen LogP contribution in [0.15, 0.2) is 18.2 Å². The maximum Gasteiger partial charge on any atom is 0.417 e. The Morgan fingerprint density at radius 3 is 2.68 bits per heavy atom. The highest BCUT2D eigenvalue weighted by molar-refractivity contribution is 6.32. The van der Waals surface area contributed by atoms with E-state index < -0.39 is 23.7 Å². The first-order valence-electron chi connectivity index (χ1n) is 6.65. The van der Waals surface area contributed by atoms with Gasteiger partial charge < -0.3 is 10.6 Å². The summed E-state index contributed by atoms with van der Waals surface area (Å²) in [7, 11) is 0. The molecule has 0 radical (unpaired) electrons. The largest absolute Gasteiger partial charge is 0.417 e. The van der Waals surface area contributed by atoms with Gasteiger partial charge in [-0.2, -0.15) is 13.2 Å². The predicted molar refractivity (Wildman–Crippen MR) is 74.1 cm³/mol. The fraction of sp³-hybridized carbons (Fsp3) is 0.429. The average Bonchev–Trinajstić information content (AvgIpc) is 2.77. The smallest absolute Gasteiger partial charge is 0.368 e. The molecule has 4 nitrogen and oxygen atoms in total. The molecule has 0 aromatic heterocycles. The van der Waals surface area contributed by atoms with E-state index in [1.54, 1.807) is 0 Å². The van der Waals surface area contributed by atoms with Crippen LogP contribution in [0.3, 0.4) is 0 Å². The van der Waals surface area contributed by atoms with Crippen LogP contribution in [-0.2, 0) is 22.2 Å². The van der Waals surface area contributed by atoms with Crippen molar-refractivity contribution < 1.29 is 22.8 Å². The fourth-order valence-electron chi connectivity index (χ4n) is 2.54. The van der Waals surface area contributed by atoms with E-state index in [0.717, 1.165) is 6.07 Å². The number of nitrogens with zero attached hydrogens (tertiary/aromatic N) is 1.